The van der Waals surface area contributed by atoms with E-state index in [-0.39, 0.29) is 18.4 Å². The Morgan fingerprint density at radius 2 is 2.12 bits per heavy atom. The number of carbonyl (C=O) groups is 2. The molecule has 142 valence electrons. The van der Waals surface area contributed by atoms with Crippen LogP contribution in [-0.2, 0) is 9.59 Å². The van der Waals surface area contributed by atoms with Gasteiger partial charge in [-0.25, -0.2) is 4.98 Å². The molecule has 2 aliphatic rings. The van der Waals surface area contributed by atoms with Crippen LogP contribution in [-0.4, -0.2) is 60.2 Å². The van der Waals surface area contributed by atoms with Crippen molar-refractivity contribution in [2.45, 2.75) is 31.7 Å². The smallest absolute Gasteiger partial charge is 0.240 e. The maximum atomic E-state index is 12.3. The minimum atomic E-state index is -0.111. The topological polar surface area (TPSA) is 65.5 Å². The van der Waals surface area contributed by atoms with Gasteiger partial charge in [-0.2, -0.15) is 0 Å². The van der Waals surface area contributed by atoms with Gasteiger partial charge in [0.2, 0.25) is 11.8 Å². The van der Waals surface area contributed by atoms with Crippen molar-refractivity contribution in [3.8, 4) is 0 Å². The fourth-order valence-corrected chi connectivity index (χ4v) is 4.80. The first-order chi connectivity index (χ1) is 12.5. The van der Waals surface area contributed by atoms with Gasteiger partial charge in [0, 0.05) is 25.8 Å². The number of aromatic nitrogens is 1. The van der Waals surface area contributed by atoms with Crippen LogP contribution in [0.3, 0.4) is 0 Å². The van der Waals surface area contributed by atoms with Gasteiger partial charge in [-0.05, 0) is 43.4 Å². The molecule has 0 aliphatic carbocycles. The second-order valence-corrected chi connectivity index (χ2v) is 8.47. The average Bonchev–Trinajstić information content (AvgIpc) is 2.60. The van der Waals surface area contributed by atoms with E-state index in [9.17, 15) is 9.59 Å². The Labute approximate surface area is 159 Å². The molecule has 0 aromatic carbocycles. The highest BCUT2D eigenvalue weighted by atomic mass is 32.2. The lowest BCUT2D eigenvalue weighted by Crippen LogP contribution is -2.44. The van der Waals surface area contributed by atoms with E-state index in [4.69, 9.17) is 0 Å². The fraction of sp³-hybridized carbons (Fsp3) is 0.632. The summed E-state index contributed by atoms with van der Waals surface area (Å²) in [5, 5.41) is 3.77. The number of pyridine rings is 1. The lowest BCUT2D eigenvalue weighted by Gasteiger charge is -2.35. The zero-order valence-electron chi connectivity index (χ0n) is 15.6. The SMILES string of the molecule is C[C@@H]1C[C@@H](C)CN(CCCNC(=O)CN2C(=O)CSc3ncccc32)C1. The standard InChI is InChI=1S/C19H28N4O2S/c1-14-9-15(2)11-22(10-14)8-4-7-20-17(24)12-23-16-5-3-6-21-19(16)26-13-18(23)25/h3,5-6,14-15H,4,7-13H2,1-2H3,(H,20,24)/t14-,15-/m1/s1. The first-order valence-corrected chi connectivity index (χ1v) is 10.4. The molecule has 1 saturated heterocycles. The molecule has 7 heteroatoms. The lowest BCUT2D eigenvalue weighted by molar-refractivity contribution is -0.123. The highest BCUT2D eigenvalue weighted by Gasteiger charge is 2.27. The minimum Gasteiger partial charge on any atom is -0.355 e. The molecule has 1 aromatic heterocycles. The summed E-state index contributed by atoms with van der Waals surface area (Å²) in [5.41, 5.74) is 0.736. The summed E-state index contributed by atoms with van der Waals surface area (Å²) in [4.78, 5) is 32.8. The molecule has 0 bridgehead atoms. The maximum Gasteiger partial charge on any atom is 0.240 e. The largest absolute Gasteiger partial charge is 0.355 e. The maximum absolute atomic E-state index is 12.3. The van der Waals surface area contributed by atoms with Crippen molar-refractivity contribution in [2.75, 3.05) is 43.4 Å². The van der Waals surface area contributed by atoms with E-state index in [2.05, 4.69) is 29.0 Å². The average molecular weight is 377 g/mol. The number of nitrogens with zero attached hydrogens (tertiary/aromatic N) is 3. The number of nitrogens with one attached hydrogen (secondary N) is 1. The van der Waals surface area contributed by atoms with Crippen LogP contribution in [0.1, 0.15) is 26.7 Å². The van der Waals surface area contributed by atoms with Crippen molar-refractivity contribution >= 4 is 29.3 Å². The number of likely N-dealkylation sites (tertiary alicyclic amines) is 1. The first-order valence-electron chi connectivity index (χ1n) is 9.40. The summed E-state index contributed by atoms with van der Waals surface area (Å²) in [6.45, 7) is 8.66. The summed E-state index contributed by atoms with van der Waals surface area (Å²) in [5.74, 6) is 1.69. The van der Waals surface area contributed by atoms with Crippen LogP contribution < -0.4 is 10.2 Å². The number of amides is 2. The van der Waals surface area contributed by atoms with Gasteiger partial charge in [0.1, 0.15) is 11.6 Å². The second-order valence-electron chi connectivity index (χ2n) is 7.51. The van der Waals surface area contributed by atoms with Crippen LogP contribution in [0.5, 0.6) is 0 Å². The van der Waals surface area contributed by atoms with Crippen LogP contribution in [0.2, 0.25) is 0 Å². The van der Waals surface area contributed by atoms with Crippen LogP contribution >= 0.6 is 11.8 Å². The Morgan fingerprint density at radius 1 is 1.35 bits per heavy atom. The number of hydrogen-bond donors (Lipinski definition) is 1. The van der Waals surface area contributed by atoms with Gasteiger partial charge in [-0.1, -0.05) is 25.6 Å². The Balaban J connectivity index is 1.43. The Kier molecular flexibility index (Phi) is 6.53. The highest BCUT2D eigenvalue weighted by Crippen LogP contribution is 2.32. The molecule has 6 nitrogen and oxygen atoms in total. The zero-order valence-corrected chi connectivity index (χ0v) is 16.4. The van der Waals surface area contributed by atoms with Crippen LogP contribution in [0, 0.1) is 11.8 Å². The Morgan fingerprint density at radius 3 is 2.88 bits per heavy atom. The second kappa shape index (κ2) is 8.86. The van der Waals surface area contributed by atoms with E-state index in [1.165, 1.54) is 18.2 Å². The third-order valence-electron chi connectivity index (χ3n) is 4.89. The van der Waals surface area contributed by atoms with Crippen molar-refractivity contribution in [2.24, 2.45) is 11.8 Å². The molecule has 3 heterocycles. The molecule has 2 atom stereocenters. The number of rotatable bonds is 6. The summed E-state index contributed by atoms with van der Waals surface area (Å²) >= 11 is 1.43. The van der Waals surface area contributed by atoms with Crippen molar-refractivity contribution < 1.29 is 9.59 Å². The predicted molar refractivity (Wildman–Crippen MR) is 104 cm³/mol. The van der Waals surface area contributed by atoms with Crippen LogP contribution in [0.25, 0.3) is 0 Å². The lowest BCUT2D eigenvalue weighted by atomic mass is 9.92. The number of piperidine rings is 1. The monoisotopic (exact) mass is 376 g/mol. The van der Waals surface area contributed by atoms with Crippen LogP contribution in [0.4, 0.5) is 5.69 Å². The number of anilines is 1. The van der Waals surface area contributed by atoms with E-state index in [0.717, 1.165) is 48.6 Å². The van der Waals surface area contributed by atoms with E-state index in [0.29, 0.717) is 12.3 Å². The number of hydrogen-bond acceptors (Lipinski definition) is 5. The highest BCUT2D eigenvalue weighted by molar-refractivity contribution is 8.00. The van der Waals surface area contributed by atoms with Gasteiger partial charge in [0.05, 0.1) is 11.4 Å². The van der Waals surface area contributed by atoms with Crippen molar-refractivity contribution in [1.82, 2.24) is 15.2 Å². The predicted octanol–water partition coefficient (Wildman–Crippen LogP) is 2.00. The molecule has 0 saturated carbocycles. The molecule has 0 unspecified atom stereocenters. The summed E-state index contributed by atoms with van der Waals surface area (Å²) in [6, 6.07) is 3.64. The van der Waals surface area contributed by atoms with E-state index in [1.807, 2.05) is 6.07 Å². The fourth-order valence-electron chi connectivity index (χ4n) is 3.92. The quantitative estimate of drug-likeness (QED) is 0.770. The molecule has 1 N–H and O–H groups in total. The third kappa shape index (κ3) is 4.98. The molecule has 2 amide bonds. The van der Waals surface area contributed by atoms with Gasteiger partial charge >= 0.3 is 0 Å². The van der Waals surface area contributed by atoms with Gasteiger partial charge in [-0.3, -0.25) is 14.5 Å². The Bertz CT molecular complexity index is 644. The van der Waals surface area contributed by atoms with Crippen molar-refractivity contribution in [3.63, 3.8) is 0 Å². The van der Waals surface area contributed by atoms with Gasteiger partial charge in [0.25, 0.3) is 0 Å². The molecule has 1 aromatic rings. The van der Waals surface area contributed by atoms with E-state index < -0.39 is 0 Å². The van der Waals surface area contributed by atoms with Crippen molar-refractivity contribution in [3.05, 3.63) is 18.3 Å². The Hall–Kier alpha value is -1.60. The number of carbonyl (C=O) groups excluding carboxylic acids is 2. The first kappa shape index (κ1) is 19.2. The van der Waals surface area contributed by atoms with E-state index in [1.54, 1.807) is 17.2 Å². The molecule has 2 aliphatic heterocycles. The summed E-state index contributed by atoms with van der Waals surface area (Å²) in [6.07, 6.45) is 3.96. The normalized spacial score (nSPS) is 23.6. The van der Waals surface area contributed by atoms with Gasteiger partial charge < -0.3 is 10.2 Å². The number of fused-ring (bicyclic) bond motifs is 1. The molecule has 0 spiro atoms. The molecular weight excluding hydrogens is 348 g/mol. The van der Waals surface area contributed by atoms with Crippen LogP contribution in [0.15, 0.2) is 23.4 Å². The molecule has 1 fully saturated rings. The number of thioether (sulfide) groups is 1. The van der Waals surface area contributed by atoms with Gasteiger partial charge in [-0.15, -0.1) is 0 Å². The van der Waals surface area contributed by atoms with E-state index >= 15 is 0 Å². The zero-order chi connectivity index (χ0) is 18.5. The third-order valence-corrected chi connectivity index (χ3v) is 5.87. The molecule has 0 radical (unpaired) electrons. The molecular formula is C19H28N4O2S. The van der Waals surface area contributed by atoms with Gasteiger partial charge in [0.15, 0.2) is 0 Å². The molecule has 3 rings (SSSR count). The molecule has 26 heavy (non-hydrogen) atoms. The summed E-state index contributed by atoms with van der Waals surface area (Å²) < 4.78 is 0. The van der Waals surface area contributed by atoms with Crippen molar-refractivity contribution in [1.29, 1.82) is 0 Å². The minimum absolute atomic E-state index is 0.0399. The summed E-state index contributed by atoms with van der Waals surface area (Å²) in [7, 11) is 0.